The zero-order valence-corrected chi connectivity index (χ0v) is 19.6. The Morgan fingerprint density at radius 3 is 2.57 bits per heavy atom. The first-order valence-corrected chi connectivity index (χ1v) is 10.2. The van der Waals surface area contributed by atoms with Gasteiger partial charge in [0.25, 0.3) is 5.91 Å². The standard InChI is InChI=1S/C21H28N6O2.HI/c1-22-21(23-16-17-9-10-27(24-17)18-6-3-2-4-7-18)26-13-11-25(12-14-26)20(28)19-8-5-15-29-19;/h2-4,6-7,9-10,19H,5,8,11-16H2,1H3,(H,22,23);1H. The van der Waals surface area contributed by atoms with Crippen LogP contribution in [-0.2, 0) is 16.1 Å². The topological polar surface area (TPSA) is 75.0 Å². The number of benzene rings is 1. The van der Waals surface area contributed by atoms with Crippen LogP contribution >= 0.6 is 24.0 Å². The predicted octanol–water partition coefficient (Wildman–Crippen LogP) is 1.89. The number of nitrogens with zero attached hydrogens (tertiary/aromatic N) is 5. The number of hydrogen-bond donors (Lipinski definition) is 1. The van der Waals surface area contributed by atoms with E-state index in [4.69, 9.17) is 4.74 Å². The lowest BCUT2D eigenvalue weighted by atomic mass is 10.2. The molecule has 0 saturated carbocycles. The number of hydrogen-bond acceptors (Lipinski definition) is 4. The molecular formula is C21H29IN6O2. The first kappa shape index (κ1) is 22.5. The Bertz CT molecular complexity index is 842. The van der Waals surface area contributed by atoms with Gasteiger partial charge in [-0.2, -0.15) is 5.10 Å². The average Bonchev–Trinajstić information content (AvgIpc) is 3.47. The number of rotatable bonds is 4. The molecule has 1 N–H and O–H groups in total. The van der Waals surface area contributed by atoms with Gasteiger partial charge in [0.05, 0.1) is 17.9 Å². The smallest absolute Gasteiger partial charge is 0.251 e. The number of aromatic nitrogens is 2. The summed E-state index contributed by atoms with van der Waals surface area (Å²) in [6.45, 7) is 4.21. The summed E-state index contributed by atoms with van der Waals surface area (Å²) in [6, 6.07) is 12.1. The van der Waals surface area contributed by atoms with Crippen molar-refractivity contribution in [3.8, 4) is 5.69 Å². The molecule has 8 nitrogen and oxygen atoms in total. The second kappa shape index (κ2) is 10.8. The third-order valence-electron chi connectivity index (χ3n) is 5.40. The van der Waals surface area contributed by atoms with E-state index in [0.717, 1.165) is 43.3 Å². The van der Waals surface area contributed by atoms with E-state index in [2.05, 4.69) is 20.3 Å². The van der Waals surface area contributed by atoms with E-state index in [1.165, 1.54) is 0 Å². The van der Waals surface area contributed by atoms with Gasteiger partial charge in [-0.05, 0) is 31.0 Å². The van der Waals surface area contributed by atoms with Gasteiger partial charge in [0.15, 0.2) is 5.96 Å². The normalized spacial score (nSPS) is 19.5. The Kier molecular flexibility index (Phi) is 8.08. The number of halogens is 1. The van der Waals surface area contributed by atoms with Crippen molar-refractivity contribution in [2.45, 2.75) is 25.5 Å². The van der Waals surface area contributed by atoms with Gasteiger partial charge in [0.2, 0.25) is 0 Å². The first-order valence-electron chi connectivity index (χ1n) is 10.2. The van der Waals surface area contributed by atoms with E-state index in [-0.39, 0.29) is 36.0 Å². The number of para-hydroxylation sites is 1. The van der Waals surface area contributed by atoms with E-state index in [1.54, 1.807) is 7.05 Å². The fourth-order valence-electron chi connectivity index (χ4n) is 3.80. The lowest BCUT2D eigenvalue weighted by Crippen LogP contribution is -2.55. The maximum atomic E-state index is 12.5. The minimum absolute atomic E-state index is 0. The van der Waals surface area contributed by atoms with E-state index < -0.39 is 0 Å². The van der Waals surface area contributed by atoms with Crippen LogP contribution in [0.2, 0.25) is 0 Å². The molecule has 3 heterocycles. The van der Waals surface area contributed by atoms with Gasteiger partial charge in [-0.1, -0.05) is 18.2 Å². The summed E-state index contributed by atoms with van der Waals surface area (Å²) in [4.78, 5) is 21.0. The van der Waals surface area contributed by atoms with E-state index in [1.807, 2.05) is 52.2 Å². The number of aliphatic imine (C=N–C) groups is 1. The molecule has 1 aromatic carbocycles. The Hall–Kier alpha value is -2.14. The largest absolute Gasteiger partial charge is 0.368 e. The summed E-state index contributed by atoms with van der Waals surface area (Å²) in [5, 5.41) is 8.02. The molecule has 4 rings (SSSR count). The zero-order chi connectivity index (χ0) is 20.1. The van der Waals surface area contributed by atoms with Gasteiger partial charge in [0, 0.05) is 46.0 Å². The van der Waals surface area contributed by atoms with Crippen molar-refractivity contribution in [3.05, 3.63) is 48.3 Å². The van der Waals surface area contributed by atoms with Crippen LogP contribution in [0.5, 0.6) is 0 Å². The molecule has 0 aliphatic carbocycles. The molecule has 1 amide bonds. The summed E-state index contributed by atoms with van der Waals surface area (Å²) in [6.07, 6.45) is 3.55. The number of carbonyl (C=O) groups is 1. The molecule has 162 valence electrons. The second-order valence-corrected chi connectivity index (χ2v) is 7.30. The molecule has 1 unspecified atom stereocenters. The van der Waals surface area contributed by atoms with Gasteiger partial charge < -0.3 is 19.9 Å². The molecule has 2 aliphatic rings. The van der Waals surface area contributed by atoms with Gasteiger partial charge >= 0.3 is 0 Å². The molecule has 1 atom stereocenters. The molecule has 2 aromatic rings. The fourth-order valence-corrected chi connectivity index (χ4v) is 3.80. The molecule has 2 aliphatic heterocycles. The van der Waals surface area contributed by atoms with E-state index in [0.29, 0.717) is 26.2 Å². The summed E-state index contributed by atoms with van der Waals surface area (Å²) in [7, 11) is 1.79. The highest BCUT2D eigenvalue weighted by atomic mass is 127. The maximum Gasteiger partial charge on any atom is 0.251 e. The fraction of sp³-hybridized carbons (Fsp3) is 0.476. The molecule has 0 bridgehead atoms. The van der Waals surface area contributed by atoms with Gasteiger partial charge in [-0.3, -0.25) is 9.79 Å². The van der Waals surface area contributed by atoms with Crippen molar-refractivity contribution < 1.29 is 9.53 Å². The Labute approximate surface area is 194 Å². The summed E-state index contributed by atoms with van der Waals surface area (Å²) in [5.41, 5.74) is 1.98. The Morgan fingerprint density at radius 2 is 1.90 bits per heavy atom. The zero-order valence-electron chi connectivity index (χ0n) is 17.2. The summed E-state index contributed by atoms with van der Waals surface area (Å²) in [5.74, 6) is 0.972. The monoisotopic (exact) mass is 524 g/mol. The number of carbonyl (C=O) groups excluding carboxylic acids is 1. The molecule has 30 heavy (non-hydrogen) atoms. The van der Waals surface area contributed by atoms with Gasteiger partial charge in [0.1, 0.15) is 6.10 Å². The van der Waals surface area contributed by atoms with Crippen LogP contribution in [0.3, 0.4) is 0 Å². The summed E-state index contributed by atoms with van der Waals surface area (Å²) < 4.78 is 7.41. The number of ether oxygens (including phenoxy) is 1. The predicted molar refractivity (Wildman–Crippen MR) is 126 cm³/mol. The lowest BCUT2D eigenvalue weighted by molar-refractivity contribution is -0.142. The number of guanidine groups is 1. The highest BCUT2D eigenvalue weighted by Crippen LogP contribution is 2.16. The third-order valence-corrected chi connectivity index (χ3v) is 5.40. The van der Waals surface area contributed by atoms with Crippen molar-refractivity contribution in [1.29, 1.82) is 0 Å². The first-order chi connectivity index (χ1) is 14.2. The highest BCUT2D eigenvalue weighted by Gasteiger charge is 2.30. The van der Waals surface area contributed by atoms with Crippen molar-refractivity contribution in [1.82, 2.24) is 24.9 Å². The second-order valence-electron chi connectivity index (χ2n) is 7.30. The molecule has 0 spiro atoms. The number of amides is 1. The molecule has 2 saturated heterocycles. The van der Waals surface area contributed by atoms with Crippen LogP contribution in [0, 0.1) is 0 Å². The van der Waals surface area contributed by atoms with Crippen molar-refractivity contribution in [3.63, 3.8) is 0 Å². The lowest BCUT2D eigenvalue weighted by Gasteiger charge is -2.37. The molecule has 0 radical (unpaired) electrons. The van der Waals surface area contributed by atoms with Gasteiger partial charge in [-0.25, -0.2) is 4.68 Å². The van der Waals surface area contributed by atoms with Crippen molar-refractivity contribution in [2.24, 2.45) is 4.99 Å². The van der Waals surface area contributed by atoms with Crippen LogP contribution in [0.25, 0.3) is 5.69 Å². The van der Waals surface area contributed by atoms with E-state index in [9.17, 15) is 4.79 Å². The quantitative estimate of drug-likeness (QED) is 0.376. The SMILES string of the molecule is CN=C(NCc1ccn(-c2ccccc2)n1)N1CCN(C(=O)C2CCCO2)CC1.I. The Balaban J connectivity index is 0.00000256. The highest BCUT2D eigenvalue weighted by molar-refractivity contribution is 14.0. The number of piperazine rings is 1. The van der Waals surface area contributed by atoms with Crippen molar-refractivity contribution >= 4 is 35.8 Å². The van der Waals surface area contributed by atoms with Crippen LogP contribution in [0.1, 0.15) is 18.5 Å². The summed E-state index contributed by atoms with van der Waals surface area (Å²) >= 11 is 0. The van der Waals surface area contributed by atoms with E-state index >= 15 is 0 Å². The number of nitrogens with one attached hydrogen (secondary N) is 1. The minimum Gasteiger partial charge on any atom is -0.368 e. The molecule has 1 aromatic heterocycles. The molecule has 2 fully saturated rings. The van der Waals surface area contributed by atoms with Crippen LogP contribution < -0.4 is 5.32 Å². The molecular weight excluding hydrogens is 495 g/mol. The van der Waals surface area contributed by atoms with Crippen LogP contribution in [0.15, 0.2) is 47.6 Å². The average molecular weight is 524 g/mol. The van der Waals surface area contributed by atoms with Crippen LogP contribution in [0.4, 0.5) is 0 Å². The third kappa shape index (κ3) is 5.31. The Morgan fingerprint density at radius 1 is 1.17 bits per heavy atom. The maximum absolute atomic E-state index is 12.5. The van der Waals surface area contributed by atoms with Crippen LogP contribution in [-0.4, -0.2) is 77.4 Å². The van der Waals surface area contributed by atoms with Gasteiger partial charge in [-0.15, -0.1) is 24.0 Å². The minimum atomic E-state index is -0.237. The van der Waals surface area contributed by atoms with Crippen molar-refractivity contribution in [2.75, 3.05) is 39.8 Å². The molecule has 9 heteroatoms.